The van der Waals surface area contributed by atoms with Gasteiger partial charge in [0, 0.05) is 36.8 Å². The van der Waals surface area contributed by atoms with Crippen LogP contribution in [-0.4, -0.2) is 51.2 Å². The second-order valence-electron chi connectivity index (χ2n) is 9.15. The Labute approximate surface area is 189 Å². The van der Waals surface area contributed by atoms with E-state index in [1.165, 1.54) is 0 Å². The fourth-order valence-corrected chi connectivity index (χ4v) is 5.99. The summed E-state index contributed by atoms with van der Waals surface area (Å²) < 4.78 is 27.2. The predicted molar refractivity (Wildman–Crippen MR) is 131 cm³/mol. The number of nitrogens with zero attached hydrogens (tertiary/aromatic N) is 2. The van der Waals surface area contributed by atoms with E-state index < -0.39 is 10.6 Å². The van der Waals surface area contributed by atoms with Gasteiger partial charge < -0.3 is 20.7 Å². The standard InChI is InChI=1S/C24H30N4O3S/c1-16-7-8-20-19(9-16)21(26-13-24(25)14-31-15-24)10-23(27-20)28-11-17(2)32(29,30)22-6-4-3-5-18(22)12-28/h3-10,17,29-30H,11-15,25H2,1-2H3,(H,26,27). The SMILES string of the molecule is Cc1ccc2nc(N3Cc4ccccc4S(O)(O)C(C)C3)cc(NCC3(N)COC3)c2c1. The highest BCUT2D eigenvalue weighted by atomic mass is 32.3. The first-order chi connectivity index (χ1) is 15.2. The van der Waals surface area contributed by atoms with Gasteiger partial charge in [-0.3, -0.25) is 9.11 Å². The van der Waals surface area contributed by atoms with Gasteiger partial charge in [0.05, 0.1) is 34.4 Å². The molecule has 0 radical (unpaired) electrons. The van der Waals surface area contributed by atoms with Gasteiger partial charge in [-0.25, -0.2) is 4.98 Å². The molecule has 7 nitrogen and oxygen atoms in total. The van der Waals surface area contributed by atoms with E-state index in [4.69, 9.17) is 15.5 Å². The third-order valence-electron chi connectivity index (χ3n) is 6.38. The molecule has 1 saturated heterocycles. The lowest BCUT2D eigenvalue weighted by Gasteiger charge is -2.38. The molecule has 3 heterocycles. The molecule has 2 aliphatic rings. The third kappa shape index (κ3) is 3.82. The van der Waals surface area contributed by atoms with Crippen LogP contribution in [0.5, 0.6) is 0 Å². The number of aryl methyl sites for hydroxylation is 1. The number of benzene rings is 2. The molecule has 5 rings (SSSR count). The minimum absolute atomic E-state index is 0.322. The van der Waals surface area contributed by atoms with Gasteiger partial charge in [-0.1, -0.05) is 29.8 Å². The summed E-state index contributed by atoms with van der Waals surface area (Å²) in [6.07, 6.45) is 0. The number of anilines is 2. The summed E-state index contributed by atoms with van der Waals surface area (Å²) in [5.41, 5.74) is 9.96. The van der Waals surface area contributed by atoms with E-state index >= 15 is 0 Å². The Morgan fingerprint density at radius 1 is 1.22 bits per heavy atom. The molecule has 1 aromatic heterocycles. The van der Waals surface area contributed by atoms with Crippen LogP contribution >= 0.6 is 10.6 Å². The number of ether oxygens (including phenoxy) is 1. The van der Waals surface area contributed by atoms with Crippen LogP contribution in [0.2, 0.25) is 0 Å². The fraction of sp³-hybridized carbons (Fsp3) is 0.375. The van der Waals surface area contributed by atoms with Crippen LogP contribution in [0.15, 0.2) is 53.4 Å². The number of nitrogens with one attached hydrogen (secondary N) is 1. The van der Waals surface area contributed by atoms with E-state index in [2.05, 4.69) is 35.3 Å². The smallest absolute Gasteiger partial charge is 0.131 e. The van der Waals surface area contributed by atoms with Crippen LogP contribution in [0.1, 0.15) is 18.1 Å². The van der Waals surface area contributed by atoms with E-state index in [1.54, 1.807) is 0 Å². The molecule has 1 unspecified atom stereocenters. The summed E-state index contributed by atoms with van der Waals surface area (Å²) in [5.74, 6) is 0.804. The molecule has 2 aliphatic heterocycles. The quantitative estimate of drug-likeness (QED) is 0.468. The molecule has 8 heteroatoms. The summed E-state index contributed by atoms with van der Waals surface area (Å²) in [4.78, 5) is 7.73. The van der Waals surface area contributed by atoms with Gasteiger partial charge in [-0.05, 0) is 37.6 Å². The first-order valence-corrected chi connectivity index (χ1v) is 12.5. The summed E-state index contributed by atoms with van der Waals surface area (Å²) in [6.45, 7) is 6.73. The van der Waals surface area contributed by atoms with Crippen molar-refractivity contribution in [1.82, 2.24) is 4.98 Å². The maximum absolute atomic E-state index is 11.0. The second kappa shape index (κ2) is 7.90. The average Bonchev–Trinajstić information content (AvgIpc) is 2.85. The van der Waals surface area contributed by atoms with E-state index in [9.17, 15) is 9.11 Å². The van der Waals surface area contributed by atoms with Crippen molar-refractivity contribution in [3.63, 3.8) is 0 Å². The van der Waals surface area contributed by atoms with E-state index in [1.807, 2.05) is 37.3 Å². The maximum atomic E-state index is 11.0. The molecule has 32 heavy (non-hydrogen) atoms. The zero-order valence-corrected chi connectivity index (χ0v) is 19.2. The van der Waals surface area contributed by atoms with Gasteiger partial charge >= 0.3 is 0 Å². The zero-order chi connectivity index (χ0) is 22.5. The summed E-state index contributed by atoms with van der Waals surface area (Å²) >= 11 is 0. The Morgan fingerprint density at radius 3 is 2.75 bits per heavy atom. The van der Waals surface area contributed by atoms with Crippen LogP contribution in [-0.2, 0) is 11.3 Å². The molecule has 1 fully saturated rings. The number of hydrogen-bond acceptors (Lipinski definition) is 7. The Bertz CT molecular complexity index is 1170. The minimum atomic E-state index is -2.90. The molecule has 0 bridgehead atoms. The molecule has 0 amide bonds. The molecular formula is C24H30N4O3S. The van der Waals surface area contributed by atoms with Crippen LogP contribution < -0.4 is 16.0 Å². The number of fused-ring (bicyclic) bond motifs is 2. The van der Waals surface area contributed by atoms with Crippen LogP contribution in [0.4, 0.5) is 11.5 Å². The molecule has 5 N–H and O–H groups in total. The van der Waals surface area contributed by atoms with Crippen molar-refractivity contribution in [2.24, 2.45) is 5.73 Å². The highest BCUT2D eigenvalue weighted by Gasteiger charge is 2.35. The monoisotopic (exact) mass is 454 g/mol. The largest absolute Gasteiger partial charge is 0.382 e. The van der Waals surface area contributed by atoms with Crippen LogP contribution in [0, 0.1) is 6.92 Å². The van der Waals surface area contributed by atoms with Gasteiger partial charge in [-0.2, -0.15) is 10.6 Å². The van der Waals surface area contributed by atoms with Gasteiger partial charge in [0.25, 0.3) is 0 Å². The molecule has 170 valence electrons. The van der Waals surface area contributed by atoms with Gasteiger partial charge in [0.1, 0.15) is 5.82 Å². The molecule has 0 saturated carbocycles. The summed E-state index contributed by atoms with van der Waals surface area (Å²) in [5, 5.41) is 4.26. The normalized spacial score (nSPS) is 22.5. The van der Waals surface area contributed by atoms with Crippen molar-refractivity contribution in [3.05, 3.63) is 59.7 Å². The molecule has 3 aromatic rings. The summed E-state index contributed by atoms with van der Waals surface area (Å²) in [6, 6.07) is 15.9. The zero-order valence-electron chi connectivity index (χ0n) is 18.4. The third-order valence-corrected chi connectivity index (χ3v) is 8.70. The highest BCUT2D eigenvalue weighted by molar-refractivity contribution is 8.24. The number of aromatic nitrogens is 1. The first kappa shape index (κ1) is 21.5. The Hall–Kier alpha value is -2.36. The molecule has 1 atom stereocenters. The summed E-state index contributed by atoms with van der Waals surface area (Å²) in [7, 11) is -2.90. The van der Waals surface area contributed by atoms with Crippen molar-refractivity contribution >= 4 is 33.0 Å². The number of hydrogen-bond donors (Lipinski definition) is 4. The lowest BCUT2D eigenvalue weighted by atomic mass is 9.99. The molecule has 2 aromatic carbocycles. The topological polar surface area (TPSA) is 104 Å². The first-order valence-electron chi connectivity index (χ1n) is 10.9. The van der Waals surface area contributed by atoms with Crippen molar-refractivity contribution in [1.29, 1.82) is 0 Å². The predicted octanol–water partition coefficient (Wildman–Crippen LogP) is 4.20. The Kier molecular flexibility index (Phi) is 5.30. The molecular weight excluding hydrogens is 424 g/mol. The molecule has 0 aliphatic carbocycles. The van der Waals surface area contributed by atoms with E-state index in [-0.39, 0.29) is 10.8 Å². The fourth-order valence-electron chi connectivity index (χ4n) is 4.37. The van der Waals surface area contributed by atoms with Crippen molar-refractivity contribution in [3.8, 4) is 0 Å². The second-order valence-corrected chi connectivity index (χ2v) is 11.6. The number of nitrogens with two attached hydrogens (primary N) is 1. The Balaban J connectivity index is 1.55. The highest BCUT2D eigenvalue weighted by Crippen LogP contribution is 2.55. The van der Waals surface area contributed by atoms with E-state index in [0.29, 0.717) is 37.7 Å². The van der Waals surface area contributed by atoms with Crippen molar-refractivity contribution in [2.75, 3.05) is 36.5 Å². The van der Waals surface area contributed by atoms with Crippen molar-refractivity contribution in [2.45, 2.75) is 36.1 Å². The Morgan fingerprint density at radius 2 is 2.00 bits per heavy atom. The van der Waals surface area contributed by atoms with Crippen LogP contribution in [0.25, 0.3) is 10.9 Å². The number of rotatable bonds is 4. The van der Waals surface area contributed by atoms with Crippen molar-refractivity contribution < 1.29 is 13.8 Å². The van der Waals surface area contributed by atoms with E-state index in [0.717, 1.165) is 33.5 Å². The lowest BCUT2D eigenvalue weighted by Crippen LogP contribution is -2.61. The average molecular weight is 455 g/mol. The van der Waals surface area contributed by atoms with Gasteiger partial charge in [0.15, 0.2) is 0 Å². The number of pyridine rings is 1. The molecule has 0 spiro atoms. The van der Waals surface area contributed by atoms with Crippen LogP contribution in [0.3, 0.4) is 0 Å². The lowest BCUT2D eigenvalue weighted by molar-refractivity contribution is -0.0461. The maximum Gasteiger partial charge on any atom is 0.131 e. The van der Waals surface area contributed by atoms with Gasteiger partial charge in [0.2, 0.25) is 0 Å². The minimum Gasteiger partial charge on any atom is -0.382 e. The van der Waals surface area contributed by atoms with Gasteiger partial charge in [-0.15, -0.1) is 0 Å².